The standard InChI is InChI=1S/C10H11F2NO/c1-6-3-7(9(14)5-13-2)10(12)8(11)4-6/h3-4,13H,5H2,1-2H3. The smallest absolute Gasteiger partial charge is 0.179 e. The molecule has 2 nitrogen and oxygen atoms in total. The van der Waals surface area contributed by atoms with E-state index in [0.717, 1.165) is 6.07 Å². The normalized spacial score (nSPS) is 10.3. The van der Waals surface area contributed by atoms with Gasteiger partial charge in [0.25, 0.3) is 0 Å². The number of carbonyl (C=O) groups is 1. The SMILES string of the molecule is CNCC(=O)c1cc(C)cc(F)c1F. The number of nitrogens with one attached hydrogen (secondary N) is 1. The van der Waals surface area contributed by atoms with Gasteiger partial charge in [0.1, 0.15) is 0 Å². The molecule has 0 aromatic heterocycles. The molecule has 0 saturated carbocycles. The summed E-state index contributed by atoms with van der Waals surface area (Å²) in [5, 5.41) is 2.59. The van der Waals surface area contributed by atoms with Crippen LogP contribution >= 0.6 is 0 Å². The van der Waals surface area contributed by atoms with Gasteiger partial charge in [-0.25, -0.2) is 8.78 Å². The number of rotatable bonds is 3. The van der Waals surface area contributed by atoms with Gasteiger partial charge in [-0.05, 0) is 31.7 Å². The largest absolute Gasteiger partial charge is 0.313 e. The molecule has 0 unspecified atom stereocenters. The minimum Gasteiger partial charge on any atom is -0.313 e. The van der Waals surface area contributed by atoms with Crippen molar-refractivity contribution in [3.8, 4) is 0 Å². The molecule has 4 heteroatoms. The summed E-state index contributed by atoms with van der Waals surface area (Å²) < 4.78 is 26.0. The van der Waals surface area contributed by atoms with Crippen LogP contribution in [0.2, 0.25) is 0 Å². The fraction of sp³-hybridized carbons (Fsp3) is 0.300. The highest BCUT2D eigenvalue weighted by atomic mass is 19.2. The van der Waals surface area contributed by atoms with Crippen molar-refractivity contribution in [3.63, 3.8) is 0 Å². The highest BCUT2D eigenvalue weighted by Crippen LogP contribution is 2.14. The van der Waals surface area contributed by atoms with E-state index in [0.29, 0.717) is 5.56 Å². The third kappa shape index (κ3) is 2.14. The van der Waals surface area contributed by atoms with Crippen LogP contribution in [-0.4, -0.2) is 19.4 Å². The number of hydrogen-bond acceptors (Lipinski definition) is 2. The molecule has 1 N–H and O–H groups in total. The monoisotopic (exact) mass is 199 g/mol. The van der Waals surface area contributed by atoms with E-state index < -0.39 is 17.4 Å². The van der Waals surface area contributed by atoms with E-state index in [1.165, 1.54) is 6.07 Å². The molecule has 0 amide bonds. The summed E-state index contributed by atoms with van der Waals surface area (Å²) in [6.07, 6.45) is 0. The quantitative estimate of drug-likeness (QED) is 0.750. The Kier molecular flexibility index (Phi) is 3.30. The second kappa shape index (κ2) is 4.28. The first-order valence-corrected chi connectivity index (χ1v) is 4.19. The van der Waals surface area contributed by atoms with E-state index in [1.807, 2.05) is 0 Å². The number of halogens is 2. The molecule has 0 radical (unpaired) electrons. The van der Waals surface area contributed by atoms with Crippen LogP contribution in [0.3, 0.4) is 0 Å². The molecule has 0 spiro atoms. The van der Waals surface area contributed by atoms with Gasteiger partial charge in [0.15, 0.2) is 17.4 Å². The van der Waals surface area contributed by atoms with Gasteiger partial charge in [-0.2, -0.15) is 0 Å². The lowest BCUT2D eigenvalue weighted by molar-refractivity contribution is 0.0988. The van der Waals surface area contributed by atoms with Crippen LogP contribution in [-0.2, 0) is 0 Å². The predicted molar refractivity (Wildman–Crippen MR) is 49.4 cm³/mol. The zero-order valence-corrected chi connectivity index (χ0v) is 8.03. The molecule has 1 aromatic rings. The minimum atomic E-state index is -1.07. The first kappa shape index (κ1) is 10.8. The van der Waals surface area contributed by atoms with Crippen LogP contribution < -0.4 is 5.32 Å². The molecule has 1 aromatic carbocycles. The van der Waals surface area contributed by atoms with Crippen molar-refractivity contribution in [2.75, 3.05) is 13.6 Å². The number of benzene rings is 1. The van der Waals surface area contributed by atoms with Gasteiger partial charge in [0.05, 0.1) is 12.1 Å². The highest BCUT2D eigenvalue weighted by molar-refractivity contribution is 5.98. The minimum absolute atomic E-state index is 0.000185. The van der Waals surface area contributed by atoms with Gasteiger partial charge < -0.3 is 5.32 Å². The molecule has 0 heterocycles. The fourth-order valence-corrected chi connectivity index (χ4v) is 1.18. The number of likely N-dealkylation sites (N-methyl/N-ethyl adjacent to an activating group) is 1. The molecule has 14 heavy (non-hydrogen) atoms. The molecule has 0 bridgehead atoms. The van der Waals surface area contributed by atoms with Crippen LogP contribution in [0.15, 0.2) is 12.1 Å². The molecule has 0 saturated heterocycles. The van der Waals surface area contributed by atoms with Crippen LogP contribution in [0.4, 0.5) is 8.78 Å². The Morgan fingerprint density at radius 1 is 1.43 bits per heavy atom. The average molecular weight is 199 g/mol. The molecule has 0 aliphatic heterocycles. The van der Waals surface area contributed by atoms with Gasteiger partial charge in [0.2, 0.25) is 0 Å². The van der Waals surface area contributed by atoms with E-state index in [2.05, 4.69) is 5.32 Å². The van der Waals surface area contributed by atoms with Crippen LogP contribution in [0.5, 0.6) is 0 Å². The van der Waals surface area contributed by atoms with Gasteiger partial charge in [-0.1, -0.05) is 0 Å². The number of aryl methyl sites for hydroxylation is 1. The Balaban J connectivity index is 3.13. The molecule has 0 aliphatic rings. The molecule has 0 atom stereocenters. The summed E-state index contributed by atoms with van der Waals surface area (Å²) in [5.41, 5.74) is 0.334. The second-order valence-electron chi connectivity index (χ2n) is 3.06. The summed E-state index contributed by atoms with van der Waals surface area (Å²) in [5.74, 6) is -2.51. The van der Waals surface area contributed by atoms with Crippen LogP contribution in [0.1, 0.15) is 15.9 Å². The van der Waals surface area contributed by atoms with Crippen molar-refractivity contribution in [1.82, 2.24) is 5.32 Å². The maximum atomic E-state index is 13.1. The third-order valence-electron chi connectivity index (χ3n) is 1.81. The van der Waals surface area contributed by atoms with Crippen molar-refractivity contribution < 1.29 is 13.6 Å². The van der Waals surface area contributed by atoms with Gasteiger partial charge in [0, 0.05) is 0 Å². The number of ketones is 1. The summed E-state index contributed by atoms with van der Waals surface area (Å²) in [7, 11) is 1.57. The Labute approximate surface area is 80.9 Å². The van der Waals surface area contributed by atoms with Crippen molar-refractivity contribution in [1.29, 1.82) is 0 Å². The van der Waals surface area contributed by atoms with Gasteiger partial charge in [-0.3, -0.25) is 4.79 Å². The Morgan fingerprint density at radius 2 is 2.07 bits per heavy atom. The number of Topliss-reactive ketones (excluding diaryl/α,β-unsaturated/α-hetero) is 1. The average Bonchev–Trinajstić information content (AvgIpc) is 2.11. The van der Waals surface area contributed by atoms with Crippen molar-refractivity contribution >= 4 is 5.78 Å². The fourth-order valence-electron chi connectivity index (χ4n) is 1.18. The lowest BCUT2D eigenvalue weighted by Gasteiger charge is -2.04. The van der Waals surface area contributed by atoms with Crippen molar-refractivity contribution in [2.24, 2.45) is 0 Å². The van der Waals surface area contributed by atoms with E-state index in [4.69, 9.17) is 0 Å². The lowest BCUT2D eigenvalue weighted by Crippen LogP contribution is -2.20. The van der Waals surface area contributed by atoms with Crippen molar-refractivity contribution in [2.45, 2.75) is 6.92 Å². The summed E-state index contributed by atoms with van der Waals surface area (Å²) in [4.78, 5) is 11.3. The maximum absolute atomic E-state index is 13.1. The Morgan fingerprint density at radius 3 is 2.64 bits per heavy atom. The zero-order chi connectivity index (χ0) is 10.7. The van der Waals surface area contributed by atoms with E-state index in [-0.39, 0.29) is 12.1 Å². The van der Waals surface area contributed by atoms with Crippen LogP contribution in [0, 0.1) is 18.6 Å². The lowest BCUT2D eigenvalue weighted by atomic mass is 10.1. The molecular formula is C10H11F2NO. The first-order chi connectivity index (χ1) is 6.56. The van der Waals surface area contributed by atoms with E-state index in [1.54, 1.807) is 14.0 Å². The van der Waals surface area contributed by atoms with E-state index >= 15 is 0 Å². The number of hydrogen-bond donors (Lipinski definition) is 1. The maximum Gasteiger partial charge on any atom is 0.179 e. The Bertz CT molecular complexity index is 363. The van der Waals surface area contributed by atoms with Gasteiger partial charge in [-0.15, -0.1) is 0 Å². The molecular weight excluding hydrogens is 188 g/mol. The molecule has 0 fully saturated rings. The number of carbonyl (C=O) groups excluding carboxylic acids is 1. The predicted octanol–water partition coefficient (Wildman–Crippen LogP) is 1.68. The van der Waals surface area contributed by atoms with E-state index in [9.17, 15) is 13.6 Å². The topological polar surface area (TPSA) is 29.1 Å². The highest BCUT2D eigenvalue weighted by Gasteiger charge is 2.15. The second-order valence-corrected chi connectivity index (χ2v) is 3.06. The van der Waals surface area contributed by atoms with Crippen molar-refractivity contribution in [3.05, 3.63) is 34.9 Å². The zero-order valence-electron chi connectivity index (χ0n) is 8.03. The molecule has 0 aliphatic carbocycles. The Hall–Kier alpha value is -1.29. The van der Waals surface area contributed by atoms with Gasteiger partial charge >= 0.3 is 0 Å². The summed E-state index contributed by atoms with van der Waals surface area (Å²) >= 11 is 0. The summed E-state index contributed by atoms with van der Waals surface area (Å²) in [6, 6.07) is 2.41. The van der Waals surface area contributed by atoms with Crippen LogP contribution in [0.25, 0.3) is 0 Å². The molecule has 76 valence electrons. The third-order valence-corrected chi connectivity index (χ3v) is 1.81. The first-order valence-electron chi connectivity index (χ1n) is 4.19. The summed E-state index contributed by atoms with van der Waals surface area (Å²) in [6.45, 7) is 1.61. The molecule has 1 rings (SSSR count).